The van der Waals surface area contributed by atoms with Crippen molar-refractivity contribution in [2.45, 2.75) is 39.0 Å². The average Bonchev–Trinajstić information content (AvgIpc) is 3.16. The van der Waals surface area contributed by atoms with Gasteiger partial charge < -0.3 is 19.0 Å². The maximum atomic E-state index is 11.0. The third kappa shape index (κ3) is 5.82. The van der Waals surface area contributed by atoms with Crippen LogP contribution in [0.1, 0.15) is 37.4 Å². The third-order valence-corrected chi connectivity index (χ3v) is 5.02. The molecule has 158 valence electrons. The molecule has 5 nitrogen and oxygen atoms in total. The van der Waals surface area contributed by atoms with E-state index in [1.54, 1.807) is 34.1 Å². The number of methoxy groups -OCH3 is 2. The van der Waals surface area contributed by atoms with E-state index in [0.29, 0.717) is 30.1 Å². The normalized spacial score (nSPS) is 11.7. The summed E-state index contributed by atoms with van der Waals surface area (Å²) in [6, 6.07) is 11.8. The third-order valence-electron chi connectivity index (χ3n) is 5.02. The molecule has 0 aliphatic rings. The Bertz CT molecular complexity index is 793. The summed E-state index contributed by atoms with van der Waals surface area (Å²) in [5.41, 5.74) is 1.01. The van der Waals surface area contributed by atoms with E-state index in [1.165, 1.54) is 5.56 Å². The van der Waals surface area contributed by atoms with E-state index in [1.807, 2.05) is 18.2 Å². The lowest BCUT2D eigenvalue weighted by Crippen LogP contribution is -2.27. The van der Waals surface area contributed by atoms with Gasteiger partial charge in [-0.1, -0.05) is 25.3 Å². The molecule has 0 saturated heterocycles. The van der Waals surface area contributed by atoms with Gasteiger partial charge in [0.05, 0.1) is 13.7 Å². The second-order valence-corrected chi connectivity index (χ2v) is 7.44. The van der Waals surface area contributed by atoms with Crippen LogP contribution in [0, 0.1) is 0 Å². The zero-order valence-corrected chi connectivity index (χ0v) is 18.0. The van der Waals surface area contributed by atoms with Crippen LogP contribution in [0.2, 0.25) is 0 Å². The standard InChI is InChI=1S/C24H33NO4/c1-18(2)24(26,19(3)4)23-13-12-22(29-23)17-25(14-7-15-27-5)16-20-8-10-21(28-6)11-9-20/h8-13,26H,1,3,7,14-17H2,2,4-6H3. The molecule has 0 unspecified atom stereocenters. The summed E-state index contributed by atoms with van der Waals surface area (Å²) in [6.07, 6.45) is 0.918. The lowest BCUT2D eigenvalue weighted by molar-refractivity contribution is 0.0874. The van der Waals surface area contributed by atoms with Crippen LogP contribution in [-0.2, 0) is 23.4 Å². The van der Waals surface area contributed by atoms with Crippen LogP contribution in [0.3, 0.4) is 0 Å². The first-order valence-corrected chi connectivity index (χ1v) is 9.79. The summed E-state index contributed by atoms with van der Waals surface area (Å²) in [5.74, 6) is 2.08. The van der Waals surface area contributed by atoms with E-state index < -0.39 is 5.60 Å². The summed E-state index contributed by atoms with van der Waals surface area (Å²) < 4.78 is 16.5. The molecule has 0 aliphatic carbocycles. The maximum absolute atomic E-state index is 11.0. The molecule has 0 bridgehead atoms. The molecular weight excluding hydrogens is 366 g/mol. The molecule has 29 heavy (non-hydrogen) atoms. The van der Waals surface area contributed by atoms with Crippen LogP contribution in [0.15, 0.2) is 65.1 Å². The summed E-state index contributed by atoms with van der Waals surface area (Å²) in [4.78, 5) is 2.30. The number of furan rings is 1. The largest absolute Gasteiger partial charge is 0.497 e. The van der Waals surface area contributed by atoms with Gasteiger partial charge in [-0.3, -0.25) is 4.90 Å². The molecule has 1 N–H and O–H groups in total. The van der Waals surface area contributed by atoms with Crippen LogP contribution < -0.4 is 4.74 Å². The number of hydrogen-bond donors (Lipinski definition) is 1. The molecule has 2 rings (SSSR count). The average molecular weight is 400 g/mol. The topological polar surface area (TPSA) is 55.1 Å². The highest BCUT2D eigenvalue weighted by atomic mass is 16.5. The number of aliphatic hydroxyl groups is 1. The molecule has 0 aliphatic heterocycles. The van der Waals surface area contributed by atoms with Gasteiger partial charge in [-0.05, 0) is 61.2 Å². The van der Waals surface area contributed by atoms with Crippen LogP contribution >= 0.6 is 0 Å². The van der Waals surface area contributed by atoms with Gasteiger partial charge in [0.25, 0.3) is 0 Å². The number of benzene rings is 1. The number of rotatable bonds is 12. The second-order valence-electron chi connectivity index (χ2n) is 7.44. The van der Waals surface area contributed by atoms with Crippen LogP contribution in [-0.4, -0.2) is 37.4 Å². The van der Waals surface area contributed by atoms with Crippen LogP contribution in [0.5, 0.6) is 5.75 Å². The van der Waals surface area contributed by atoms with Gasteiger partial charge in [0.15, 0.2) is 5.60 Å². The van der Waals surface area contributed by atoms with Crippen molar-refractivity contribution in [1.29, 1.82) is 0 Å². The van der Waals surface area contributed by atoms with Crippen LogP contribution in [0.4, 0.5) is 0 Å². The Balaban J connectivity index is 2.16. The minimum atomic E-state index is -1.35. The number of hydrogen-bond acceptors (Lipinski definition) is 5. The predicted molar refractivity (Wildman–Crippen MR) is 116 cm³/mol. The van der Waals surface area contributed by atoms with Gasteiger partial charge in [0.2, 0.25) is 0 Å². The van der Waals surface area contributed by atoms with Crippen molar-refractivity contribution in [2.75, 3.05) is 27.4 Å². The van der Waals surface area contributed by atoms with Gasteiger partial charge in [-0.2, -0.15) is 0 Å². The first kappa shape index (κ1) is 22.9. The molecule has 0 atom stereocenters. The molecular formula is C24H33NO4. The summed E-state index contributed by atoms with van der Waals surface area (Å²) in [5, 5.41) is 11.0. The Kier molecular flexibility index (Phi) is 8.26. The maximum Gasteiger partial charge on any atom is 0.163 e. The predicted octanol–water partition coefficient (Wildman–Crippen LogP) is 4.67. The number of nitrogens with zero attached hydrogens (tertiary/aromatic N) is 1. The molecule has 5 heteroatoms. The molecule has 0 amide bonds. The highest BCUT2D eigenvalue weighted by molar-refractivity contribution is 5.35. The molecule has 1 heterocycles. The molecule has 2 aromatic rings. The zero-order valence-electron chi connectivity index (χ0n) is 18.0. The molecule has 0 fully saturated rings. The Morgan fingerprint density at radius 1 is 1.03 bits per heavy atom. The van der Waals surface area contributed by atoms with E-state index in [9.17, 15) is 5.11 Å². The van der Waals surface area contributed by atoms with Crippen molar-refractivity contribution in [3.8, 4) is 5.75 Å². The van der Waals surface area contributed by atoms with Gasteiger partial charge in [0.1, 0.15) is 17.3 Å². The Labute approximate surface area is 174 Å². The molecule has 1 aromatic heterocycles. The molecule has 0 saturated carbocycles. The number of ether oxygens (including phenoxy) is 2. The Morgan fingerprint density at radius 2 is 1.69 bits per heavy atom. The molecule has 0 spiro atoms. The van der Waals surface area contributed by atoms with Crippen molar-refractivity contribution >= 4 is 0 Å². The molecule has 0 radical (unpaired) electrons. The fourth-order valence-corrected chi connectivity index (χ4v) is 3.30. The Morgan fingerprint density at radius 3 is 2.24 bits per heavy atom. The van der Waals surface area contributed by atoms with E-state index in [2.05, 4.69) is 30.2 Å². The first-order chi connectivity index (χ1) is 13.8. The van der Waals surface area contributed by atoms with Gasteiger partial charge >= 0.3 is 0 Å². The van der Waals surface area contributed by atoms with E-state index in [4.69, 9.17) is 13.9 Å². The molecule has 1 aromatic carbocycles. The fourth-order valence-electron chi connectivity index (χ4n) is 3.30. The van der Waals surface area contributed by atoms with E-state index in [-0.39, 0.29) is 0 Å². The van der Waals surface area contributed by atoms with Gasteiger partial charge in [0, 0.05) is 26.8 Å². The minimum Gasteiger partial charge on any atom is -0.497 e. The summed E-state index contributed by atoms with van der Waals surface area (Å²) in [7, 11) is 3.38. The second kappa shape index (κ2) is 10.4. The van der Waals surface area contributed by atoms with Crippen molar-refractivity contribution in [1.82, 2.24) is 4.90 Å². The fraction of sp³-hybridized carbons (Fsp3) is 0.417. The lowest BCUT2D eigenvalue weighted by Gasteiger charge is -2.27. The van der Waals surface area contributed by atoms with Crippen molar-refractivity contribution < 1.29 is 19.0 Å². The Hall–Kier alpha value is -2.34. The van der Waals surface area contributed by atoms with E-state index in [0.717, 1.165) is 31.0 Å². The smallest absolute Gasteiger partial charge is 0.163 e. The van der Waals surface area contributed by atoms with Gasteiger partial charge in [-0.25, -0.2) is 0 Å². The minimum absolute atomic E-state index is 0.453. The first-order valence-electron chi connectivity index (χ1n) is 9.79. The quantitative estimate of drug-likeness (QED) is 0.415. The monoisotopic (exact) mass is 399 g/mol. The van der Waals surface area contributed by atoms with Crippen molar-refractivity contribution in [2.24, 2.45) is 0 Å². The summed E-state index contributed by atoms with van der Waals surface area (Å²) >= 11 is 0. The van der Waals surface area contributed by atoms with Crippen molar-refractivity contribution in [3.05, 3.63) is 77.8 Å². The van der Waals surface area contributed by atoms with Gasteiger partial charge in [-0.15, -0.1) is 0 Å². The van der Waals surface area contributed by atoms with Crippen LogP contribution in [0.25, 0.3) is 0 Å². The zero-order chi connectivity index (χ0) is 21.4. The highest BCUT2D eigenvalue weighted by Gasteiger charge is 2.34. The highest BCUT2D eigenvalue weighted by Crippen LogP contribution is 2.36. The lowest BCUT2D eigenvalue weighted by atomic mass is 9.87. The van der Waals surface area contributed by atoms with Crippen molar-refractivity contribution in [3.63, 3.8) is 0 Å². The van der Waals surface area contributed by atoms with E-state index >= 15 is 0 Å². The summed E-state index contributed by atoms with van der Waals surface area (Å²) in [6.45, 7) is 14.3. The SMILES string of the molecule is C=C(C)C(O)(C(=C)C)c1ccc(CN(CCCOC)Cc2ccc(OC)cc2)o1.